The summed E-state index contributed by atoms with van der Waals surface area (Å²) in [5.74, 6) is -0.782. The van der Waals surface area contributed by atoms with E-state index >= 15 is 0 Å². The molecule has 0 radical (unpaired) electrons. The van der Waals surface area contributed by atoms with E-state index in [-0.39, 0.29) is 6.42 Å². The van der Waals surface area contributed by atoms with E-state index in [1.54, 1.807) is 0 Å². The van der Waals surface area contributed by atoms with Crippen molar-refractivity contribution < 1.29 is 9.90 Å². The molecule has 0 spiro atoms. The molecule has 1 heterocycles. The molecule has 1 aliphatic carbocycles. The topological polar surface area (TPSA) is 50.2 Å². The van der Waals surface area contributed by atoms with Gasteiger partial charge in [-0.1, -0.05) is 6.07 Å². The minimum Gasteiger partial charge on any atom is -0.481 e. The van der Waals surface area contributed by atoms with Crippen molar-refractivity contribution in [1.82, 2.24) is 4.98 Å². The Morgan fingerprint density at radius 1 is 1.47 bits per heavy atom. The van der Waals surface area contributed by atoms with E-state index in [4.69, 9.17) is 5.11 Å². The van der Waals surface area contributed by atoms with Crippen LogP contribution in [-0.2, 0) is 24.1 Å². The van der Waals surface area contributed by atoms with Crippen LogP contribution in [0, 0.1) is 6.92 Å². The maximum absolute atomic E-state index is 10.7. The number of pyridine rings is 1. The molecular weight excluding hydrogens is 190 g/mol. The molecule has 3 heteroatoms. The molecule has 3 nitrogen and oxygen atoms in total. The highest BCUT2D eigenvalue weighted by Gasteiger charge is 2.14. The number of aromatic nitrogens is 1. The van der Waals surface area contributed by atoms with Crippen molar-refractivity contribution in [3.63, 3.8) is 0 Å². The van der Waals surface area contributed by atoms with E-state index in [0.717, 1.165) is 24.1 Å². The molecule has 0 amide bonds. The Morgan fingerprint density at radius 2 is 2.20 bits per heavy atom. The third kappa shape index (κ3) is 2.17. The molecule has 0 fully saturated rings. The van der Waals surface area contributed by atoms with Crippen molar-refractivity contribution >= 4 is 5.97 Å². The largest absolute Gasteiger partial charge is 0.481 e. The Hall–Kier alpha value is -1.38. The maximum Gasteiger partial charge on any atom is 0.307 e. The second-order valence-electron chi connectivity index (χ2n) is 4.12. The average molecular weight is 205 g/mol. The number of carboxylic acids is 1. The van der Waals surface area contributed by atoms with Gasteiger partial charge in [0.1, 0.15) is 0 Å². The van der Waals surface area contributed by atoms with Crippen molar-refractivity contribution in [1.29, 1.82) is 0 Å². The quantitative estimate of drug-likeness (QED) is 0.802. The van der Waals surface area contributed by atoms with Crippen LogP contribution in [0.3, 0.4) is 0 Å². The fourth-order valence-electron chi connectivity index (χ4n) is 2.13. The molecule has 1 aromatic heterocycles. The summed E-state index contributed by atoms with van der Waals surface area (Å²) in [7, 11) is 0. The van der Waals surface area contributed by atoms with Gasteiger partial charge in [0, 0.05) is 11.4 Å². The van der Waals surface area contributed by atoms with E-state index < -0.39 is 5.97 Å². The van der Waals surface area contributed by atoms with Gasteiger partial charge < -0.3 is 5.11 Å². The minimum absolute atomic E-state index is 0.0894. The zero-order valence-electron chi connectivity index (χ0n) is 8.92. The van der Waals surface area contributed by atoms with E-state index in [1.807, 2.05) is 13.0 Å². The van der Waals surface area contributed by atoms with E-state index in [1.165, 1.54) is 24.1 Å². The summed E-state index contributed by atoms with van der Waals surface area (Å²) in [5.41, 5.74) is 4.16. The lowest BCUT2D eigenvalue weighted by atomic mass is 9.93. The Balaban J connectivity index is 2.36. The zero-order chi connectivity index (χ0) is 10.8. The summed E-state index contributed by atoms with van der Waals surface area (Å²) >= 11 is 0. The van der Waals surface area contributed by atoms with Crippen LogP contribution < -0.4 is 0 Å². The molecule has 1 N–H and O–H groups in total. The highest BCUT2D eigenvalue weighted by atomic mass is 16.4. The molecule has 0 saturated heterocycles. The predicted octanol–water partition coefficient (Wildman–Crippen LogP) is 1.90. The van der Waals surface area contributed by atoms with Crippen molar-refractivity contribution in [2.24, 2.45) is 0 Å². The molecule has 2 rings (SSSR count). The number of carbonyl (C=O) groups is 1. The lowest BCUT2D eigenvalue weighted by molar-refractivity contribution is -0.136. The number of carboxylic acid groups (broad SMARTS) is 1. The lowest BCUT2D eigenvalue weighted by Crippen LogP contribution is -2.10. The fourth-order valence-corrected chi connectivity index (χ4v) is 2.13. The summed E-state index contributed by atoms with van der Waals surface area (Å²) < 4.78 is 0. The van der Waals surface area contributed by atoms with Gasteiger partial charge in [0.2, 0.25) is 0 Å². The van der Waals surface area contributed by atoms with E-state index in [9.17, 15) is 4.79 Å². The number of hydrogen-bond donors (Lipinski definition) is 1. The van der Waals surface area contributed by atoms with Gasteiger partial charge in [-0.2, -0.15) is 0 Å². The van der Waals surface area contributed by atoms with Gasteiger partial charge >= 0.3 is 5.97 Å². The number of aryl methyl sites for hydroxylation is 3. The third-order valence-corrected chi connectivity index (χ3v) is 2.94. The number of hydrogen-bond acceptors (Lipinski definition) is 2. The Labute approximate surface area is 89.2 Å². The first-order valence-electron chi connectivity index (χ1n) is 5.37. The van der Waals surface area contributed by atoms with Crippen LogP contribution in [0.1, 0.15) is 35.4 Å². The molecular formula is C12H15NO2. The summed E-state index contributed by atoms with van der Waals surface area (Å²) in [6.07, 6.45) is 4.59. The summed E-state index contributed by atoms with van der Waals surface area (Å²) in [5, 5.41) is 8.77. The molecule has 0 aliphatic heterocycles. The highest BCUT2D eigenvalue weighted by Crippen LogP contribution is 2.22. The lowest BCUT2D eigenvalue weighted by Gasteiger charge is -2.16. The second kappa shape index (κ2) is 4.01. The number of rotatable bonds is 2. The molecule has 0 bridgehead atoms. The van der Waals surface area contributed by atoms with Crippen LogP contribution in [0.2, 0.25) is 0 Å². The Morgan fingerprint density at radius 3 is 2.93 bits per heavy atom. The molecule has 0 unspecified atom stereocenters. The fraction of sp³-hybridized carbons (Fsp3) is 0.500. The predicted molar refractivity (Wildman–Crippen MR) is 57.0 cm³/mol. The summed E-state index contributed by atoms with van der Waals surface area (Å²) in [6.45, 7) is 1.90. The first kappa shape index (κ1) is 10.1. The van der Waals surface area contributed by atoms with Gasteiger partial charge in [-0.05, 0) is 43.7 Å². The number of nitrogens with zero attached hydrogens (tertiary/aromatic N) is 1. The smallest absolute Gasteiger partial charge is 0.307 e. The van der Waals surface area contributed by atoms with Crippen molar-refractivity contribution in [3.05, 3.63) is 28.6 Å². The molecule has 1 aliphatic rings. The summed E-state index contributed by atoms with van der Waals surface area (Å²) in [4.78, 5) is 15.2. The van der Waals surface area contributed by atoms with Gasteiger partial charge in [-0.15, -0.1) is 0 Å². The van der Waals surface area contributed by atoms with Gasteiger partial charge in [-0.3, -0.25) is 9.78 Å². The van der Waals surface area contributed by atoms with E-state index in [2.05, 4.69) is 4.98 Å². The second-order valence-corrected chi connectivity index (χ2v) is 4.12. The molecule has 0 saturated carbocycles. The molecule has 0 atom stereocenters. The van der Waals surface area contributed by atoms with Gasteiger partial charge in [-0.25, -0.2) is 0 Å². The first-order valence-corrected chi connectivity index (χ1v) is 5.37. The van der Waals surface area contributed by atoms with Crippen LogP contribution >= 0.6 is 0 Å². The van der Waals surface area contributed by atoms with Crippen molar-refractivity contribution in [2.45, 2.75) is 39.0 Å². The Kier molecular flexibility index (Phi) is 2.71. The number of fused-ring (bicyclic) bond motifs is 1. The minimum atomic E-state index is -0.782. The van der Waals surface area contributed by atoms with Crippen molar-refractivity contribution in [3.8, 4) is 0 Å². The maximum atomic E-state index is 10.7. The van der Waals surface area contributed by atoms with Gasteiger partial charge in [0.05, 0.1) is 6.42 Å². The standard InChI is InChI=1S/C12H15NO2/c1-8-10(7-12(14)15)6-9-4-2-3-5-11(9)13-8/h6H,2-5,7H2,1H3,(H,14,15). The summed E-state index contributed by atoms with van der Waals surface area (Å²) in [6, 6.07) is 2.03. The molecule has 80 valence electrons. The SMILES string of the molecule is Cc1nc2c(cc1CC(=O)O)CCCC2. The van der Waals surface area contributed by atoms with Crippen LogP contribution in [0.5, 0.6) is 0 Å². The van der Waals surface area contributed by atoms with Crippen LogP contribution in [0.4, 0.5) is 0 Å². The van der Waals surface area contributed by atoms with Gasteiger partial charge in [0.15, 0.2) is 0 Å². The van der Waals surface area contributed by atoms with Crippen LogP contribution in [-0.4, -0.2) is 16.1 Å². The Bertz CT molecular complexity index is 399. The van der Waals surface area contributed by atoms with Gasteiger partial charge in [0.25, 0.3) is 0 Å². The first-order chi connectivity index (χ1) is 7.16. The molecule has 15 heavy (non-hydrogen) atoms. The third-order valence-electron chi connectivity index (χ3n) is 2.94. The highest BCUT2D eigenvalue weighted by molar-refractivity contribution is 5.70. The van der Waals surface area contributed by atoms with Crippen LogP contribution in [0.25, 0.3) is 0 Å². The average Bonchev–Trinajstić information content (AvgIpc) is 2.18. The van der Waals surface area contributed by atoms with Crippen LogP contribution in [0.15, 0.2) is 6.07 Å². The normalized spacial score (nSPS) is 14.7. The van der Waals surface area contributed by atoms with Crippen molar-refractivity contribution in [2.75, 3.05) is 0 Å². The molecule has 1 aromatic rings. The monoisotopic (exact) mass is 205 g/mol. The molecule has 0 aromatic carbocycles. The van der Waals surface area contributed by atoms with E-state index in [0.29, 0.717) is 0 Å². The number of aliphatic carboxylic acids is 1. The zero-order valence-corrected chi connectivity index (χ0v) is 8.92.